The fourth-order valence-electron chi connectivity index (χ4n) is 4.60. The van der Waals surface area contributed by atoms with Crippen molar-refractivity contribution in [3.8, 4) is 0 Å². The topological polar surface area (TPSA) is 0 Å². The highest BCUT2D eigenvalue weighted by Gasteiger charge is 2.27. The maximum absolute atomic E-state index is 2.40. The van der Waals surface area contributed by atoms with Crippen LogP contribution < -0.4 is 0 Å². The van der Waals surface area contributed by atoms with Gasteiger partial charge in [-0.3, -0.25) is 0 Å². The van der Waals surface area contributed by atoms with E-state index in [0.29, 0.717) is 0 Å². The summed E-state index contributed by atoms with van der Waals surface area (Å²) in [5.41, 5.74) is 8.30. The second-order valence-corrected chi connectivity index (χ2v) is 8.80. The first-order valence-corrected chi connectivity index (χ1v) is 11.4. The van der Waals surface area contributed by atoms with Crippen LogP contribution in [-0.2, 0) is 18.3 Å². The number of hydrogen-bond acceptors (Lipinski definition) is 0. The Morgan fingerprint density at radius 2 is 0.839 bits per heavy atom. The minimum atomic E-state index is 0.0330. The predicted molar refractivity (Wildman–Crippen MR) is 133 cm³/mol. The monoisotopic (exact) mass is 404 g/mol. The van der Waals surface area contributed by atoms with E-state index in [1.165, 1.54) is 33.4 Å². The summed E-state index contributed by atoms with van der Waals surface area (Å²) in [6.07, 6.45) is 4.27. The fraction of sp³-hybridized carbons (Fsp3) is 0.226. The molecule has 0 aliphatic carbocycles. The van der Waals surface area contributed by atoms with Gasteiger partial charge in [-0.15, -0.1) is 0 Å². The van der Waals surface area contributed by atoms with Crippen molar-refractivity contribution in [1.29, 1.82) is 0 Å². The van der Waals surface area contributed by atoms with Crippen molar-refractivity contribution in [2.24, 2.45) is 0 Å². The summed E-state index contributed by atoms with van der Waals surface area (Å²) >= 11 is 0. The maximum Gasteiger partial charge on any atom is 0.0174 e. The van der Waals surface area contributed by atoms with E-state index in [4.69, 9.17) is 0 Å². The van der Waals surface area contributed by atoms with Crippen LogP contribution in [0.25, 0.3) is 0 Å². The minimum Gasteiger partial charge on any atom is -0.0653 e. The summed E-state index contributed by atoms with van der Waals surface area (Å²) in [7, 11) is 0. The van der Waals surface area contributed by atoms with Crippen molar-refractivity contribution in [3.05, 3.63) is 143 Å². The highest BCUT2D eigenvalue weighted by Crippen LogP contribution is 2.37. The lowest BCUT2D eigenvalue weighted by Gasteiger charge is -2.31. The Morgan fingerprint density at radius 1 is 0.484 bits per heavy atom. The molecule has 0 fully saturated rings. The van der Waals surface area contributed by atoms with Gasteiger partial charge >= 0.3 is 0 Å². The van der Waals surface area contributed by atoms with E-state index in [-0.39, 0.29) is 5.41 Å². The molecule has 0 heterocycles. The molecule has 0 atom stereocenters. The Hall–Kier alpha value is -3.12. The Labute approximate surface area is 187 Å². The molecule has 0 bridgehead atoms. The summed E-state index contributed by atoms with van der Waals surface area (Å²) in [5.74, 6) is 0. The molecule has 4 aromatic carbocycles. The van der Waals surface area contributed by atoms with E-state index >= 15 is 0 Å². The van der Waals surface area contributed by atoms with Crippen molar-refractivity contribution in [2.75, 3.05) is 0 Å². The maximum atomic E-state index is 2.40. The van der Waals surface area contributed by atoms with Crippen molar-refractivity contribution in [2.45, 2.75) is 44.9 Å². The summed E-state index contributed by atoms with van der Waals surface area (Å²) < 4.78 is 0. The van der Waals surface area contributed by atoms with Gasteiger partial charge in [0.25, 0.3) is 0 Å². The van der Waals surface area contributed by atoms with E-state index in [9.17, 15) is 0 Å². The molecule has 0 aromatic heterocycles. The van der Waals surface area contributed by atoms with Gasteiger partial charge in [-0.1, -0.05) is 129 Å². The van der Waals surface area contributed by atoms with E-state index in [1.807, 2.05) is 0 Å². The van der Waals surface area contributed by atoms with Gasteiger partial charge in [0.15, 0.2) is 0 Å². The second kappa shape index (κ2) is 9.79. The lowest BCUT2D eigenvalue weighted by atomic mass is 9.72. The number of benzene rings is 4. The normalized spacial score (nSPS) is 11.4. The molecule has 0 heteroatoms. The largest absolute Gasteiger partial charge is 0.0653 e. The molecule has 0 radical (unpaired) electrons. The predicted octanol–water partition coefficient (Wildman–Crippen LogP) is 7.97. The molecule has 0 aliphatic heterocycles. The minimum absolute atomic E-state index is 0.0330. The van der Waals surface area contributed by atoms with Gasteiger partial charge in [-0.25, -0.2) is 0 Å². The average molecular weight is 405 g/mol. The molecule has 0 spiro atoms. The summed E-state index contributed by atoms with van der Waals surface area (Å²) in [5, 5.41) is 0. The average Bonchev–Trinajstić information content (AvgIpc) is 2.81. The van der Waals surface area contributed by atoms with Crippen LogP contribution >= 0.6 is 0 Å². The highest BCUT2D eigenvalue weighted by atomic mass is 14.3. The SMILES string of the molecule is CCCC(C)(c1ccc(Cc2ccccc2)cc1)c1ccc(Cc2ccccc2)cc1. The van der Waals surface area contributed by atoms with Gasteiger partial charge in [0.2, 0.25) is 0 Å². The summed E-state index contributed by atoms with van der Waals surface area (Å²) in [4.78, 5) is 0. The first kappa shape index (κ1) is 21.1. The molecule has 0 unspecified atom stereocenters. The standard InChI is InChI=1S/C31H32/c1-3-22-31(2,29-18-14-27(15-19-29)23-25-10-6-4-7-11-25)30-20-16-28(17-21-30)24-26-12-8-5-9-13-26/h4-21H,3,22-24H2,1-2H3. The van der Waals surface area contributed by atoms with Crippen molar-refractivity contribution in [3.63, 3.8) is 0 Å². The van der Waals surface area contributed by atoms with Gasteiger partial charge in [0.05, 0.1) is 0 Å². The van der Waals surface area contributed by atoms with Gasteiger partial charge in [0, 0.05) is 5.41 Å². The third kappa shape index (κ3) is 5.14. The summed E-state index contributed by atoms with van der Waals surface area (Å²) in [6.45, 7) is 4.68. The van der Waals surface area contributed by atoms with Crippen LogP contribution in [0.3, 0.4) is 0 Å². The molecule has 4 rings (SSSR count). The molecular weight excluding hydrogens is 372 g/mol. The second-order valence-electron chi connectivity index (χ2n) is 8.80. The number of rotatable bonds is 8. The molecule has 0 N–H and O–H groups in total. The molecule has 0 amide bonds. The molecule has 0 aliphatic rings. The van der Waals surface area contributed by atoms with Gasteiger partial charge in [-0.05, 0) is 52.6 Å². The molecular formula is C31H32. The molecule has 0 saturated carbocycles. The zero-order valence-electron chi connectivity index (χ0n) is 18.7. The highest BCUT2D eigenvalue weighted by molar-refractivity contribution is 5.42. The van der Waals surface area contributed by atoms with Gasteiger partial charge in [0.1, 0.15) is 0 Å². The Morgan fingerprint density at radius 3 is 1.19 bits per heavy atom. The Kier molecular flexibility index (Phi) is 6.67. The van der Waals surface area contributed by atoms with Crippen LogP contribution in [0, 0.1) is 0 Å². The Bertz CT molecular complexity index is 973. The first-order valence-electron chi connectivity index (χ1n) is 11.4. The van der Waals surface area contributed by atoms with Gasteiger partial charge < -0.3 is 0 Å². The van der Waals surface area contributed by atoms with Crippen LogP contribution in [0.4, 0.5) is 0 Å². The van der Waals surface area contributed by atoms with Crippen LogP contribution in [0.1, 0.15) is 60.1 Å². The van der Waals surface area contributed by atoms with E-state index in [2.05, 4.69) is 123 Å². The smallest absolute Gasteiger partial charge is 0.0174 e. The molecule has 31 heavy (non-hydrogen) atoms. The zero-order chi connectivity index (χ0) is 21.5. The van der Waals surface area contributed by atoms with Crippen molar-refractivity contribution in [1.82, 2.24) is 0 Å². The third-order valence-corrected chi connectivity index (χ3v) is 6.43. The molecule has 0 nitrogen and oxygen atoms in total. The molecule has 156 valence electrons. The van der Waals surface area contributed by atoms with Crippen LogP contribution in [0.15, 0.2) is 109 Å². The van der Waals surface area contributed by atoms with E-state index < -0.39 is 0 Å². The van der Waals surface area contributed by atoms with Gasteiger partial charge in [-0.2, -0.15) is 0 Å². The zero-order valence-corrected chi connectivity index (χ0v) is 18.7. The van der Waals surface area contributed by atoms with E-state index in [0.717, 1.165) is 25.7 Å². The fourth-order valence-corrected chi connectivity index (χ4v) is 4.60. The third-order valence-electron chi connectivity index (χ3n) is 6.43. The molecule has 0 saturated heterocycles. The molecule has 4 aromatic rings. The van der Waals surface area contributed by atoms with Crippen molar-refractivity contribution >= 4 is 0 Å². The summed E-state index contributed by atoms with van der Waals surface area (Å²) in [6, 6.07) is 40.0. The van der Waals surface area contributed by atoms with Crippen molar-refractivity contribution < 1.29 is 0 Å². The van der Waals surface area contributed by atoms with E-state index in [1.54, 1.807) is 0 Å². The van der Waals surface area contributed by atoms with Crippen LogP contribution in [0.5, 0.6) is 0 Å². The quantitative estimate of drug-likeness (QED) is 0.279. The van der Waals surface area contributed by atoms with Crippen LogP contribution in [0.2, 0.25) is 0 Å². The van der Waals surface area contributed by atoms with Crippen LogP contribution in [-0.4, -0.2) is 0 Å². The Balaban J connectivity index is 1.55. The first-order chi connectivity index (χ1) is 15.2. The lowest BCUT2D eigenvalue weighted by molar-refractivity contribution is 0.511. The number of hydrogen-bond donors (Lipinski definition) is 0. The lowest BCUT2D eigenvalue weighted by Crippen LogP contribution is -2.23.